The fourth-order valence-corrected chi connectivity index (χ4v) is 4.58. The van der Waals surface area contributed by atoms with Crippen LogP contribution in [0.25, 0.3) is 0 Å². The summed E-state index contributed by atoms with van der Waals surface area (Å²) in [6.07, 6.45) is -2.04. The Labute approximate surface area is 229 Å². The van der Waals surface area contributed by atoms with E-state index >= 15 is 0 Å². The van der Waals surface area contributed by atoms with Crippen molar-refractivity contribution in [2.75, 3.05) is 16.7 Å². The van der Waals surface area contributed by atoms with Gasteiger partial charge in [-0.25, -0.2) is 23.0 Å². The highest BCUT2D eigenvalue weighted by molar-refractivity contribution is 7.92. The summed E-state index contributed by atoms with van der Waals surface area (Å²) in [5.41, 5.74) is 2.82. The second kappa shape index (κ2) is 13.3. The number of carboxylic acids is 2. The Hall–Kier alpha value is -4.14. The number of alkyl halides is 3. The molecule has 0 amide bonds. The second-order valence-electron chi connectivity index (χ2n) is 8.66. The Morgan fingerprint density at radius 1 is 1.10 bits per heavy atom. The third kappa shape index (κ3) is 8.69. The monoisotopic (exact) mass is 585 g/mol. The first kappa shape index (κ1) is 32.1. The topological polar surface area (TPSA) is 155 Å². The van der Waals surface area contributed by atoms with E-state index in [2.05, 4.69) is 21.7 Å². The van der Waals surface area contributed by atoms with Gasteiger partial charge in [0, 0.05) is 13.6 Å². The van der Waals surface area contributed by atoms with Crippen LogP contribution in [-0.4, -0.2) is 58.6 Å². The lowest BCUT2D eigenvalue weighted by Crippen LogP contribution is -2.23. The zero-order valence-electron chi connectivity index (χ0n) is 22.2. The minimum absolute atomic E-state index is 0.0796. The van der Waals surface area contributed by atoms with Crippen LogP contribution < -0.4 is 9.62 Å². The normalized spacial score (nSPS) is 11.4. The number of nitrogens with one attached hydrogen (secondary N) is 1. The van der Waals surface area contributed by atoms with Crippen molar-refractivity contribution in [1.29, 1.82) is 0 Å². The van der Waals surface area contributed by atoms with E-state index in [1.165, 1.54) is 24.4 Å². The zero-order valence-corrected chi connectivity index (χ0v) is 23.0. The minimum Gasteiger partial charge on any atom is -0.478 e. The maximum atomic E-state index is 12.7. The number of hydrogen-bond donors (Lipinski definition) is 3. The number of carboxylic acid groups (broad SMARTS) is 2. The molecule has 11 nitrogen and oxygen atoms in total. The summed E-state index contributed by atoms with van der Waals surface area (Å²) >= 11 is 0. The summed E-state index contributed by atoms with van der Waals surface area (Å²) in [7, 11) is -2.14. The average molecular weight is 586 g/mol. The molecule has 0 fully saturated rings. The number of aliphatic carboxylic acids is 1. The van der Waals surface area contributed by atoms with E-state index in [1.54, 1.807) is 24.1 Å². The smallest absolute Gasteiger partial charge is 0.478 e. The van der Waals surface area contributed by atoms with Crippen LogP contribution >= 0.6 is 0 Å². The van der Waals surface area contributed by atoms with E-state index < -0.39 is 28.1 Å². The van der Waals surface area contributed by atoms with Crippen molar-refractivity contribution < 1.29 is 41.4 Å². The molecule has 0 aliphatic rings. The maximum Gasteiger partial charge on any atom is 0.490 e. The second-order valence-corrected chi connectivity index (χ2v) is 10.3. The van der Waals surface area contributed by atoms with Crippen molar-refractivity contribution in [3.05, 3.63) is 65.1 Å². The molecular weight excluding hydrogens is 555 g/mol. The number of nitrogens with zero attached hydrogens (tertiary/aromatic N) is 4. The number of carbonyl (C=O) groups is 2. The molecule has 0 aliphatic carbocycles. The Bertz CT molecular complexity index is 1440. The van der Waals surface area contributed by atoms with Crippen molar-refractivity contribution in [2.24, 2.45) is 0 Å². The number of anilines is 2. The maximum absolute atomic E-state index is 12.7. The highest BCUT2D eigenvalue weighted by atomic mass is 32.2. The molecule has 0 saturated heterocycles. The molecule has 2 heterocycles. The van der Waals surface area contributed by atoms with Crippen LogP contribution in [0.15, 0.2) is 47.5 Å². The quantitative estimate of drug-likeness (QED) is 0.315. The van der Waals surface area contributed by atoms with Gasteiger partial charge in [0.1, 0.15) is 11.4 Å². The SMILES string of the molecule is CCCn1nc(C)cc1CN(C)c1ncc(NS(=O)(=O)c2ccc(CC)cc2)cc1C(=O)O.O=C(O)C(F)(F)F. The van der Waals surface area contributed by atoms with Crippen molar-refractivity contribution in [2.45, 2.75) is 57.8 Å². The molecule has 0 radical (unpaired) electrons. The molecule has 0 unspecified atom stereocenters. The third-order valence-electron chi connectivity index (χ3n) is 5.42. The van der Waals surface area contributed by atoms with Gasteiger partial charge in [-0.15, -0.1) is 0 Å². The number of aryl methyl sites for hydroxylation is 3. The third-order valence-corrected chi connectivity index (χ3v) is 6.81. The predicted octanol–water partition coefficient (Wildman–Crippen LogP) is 4.33. The molecule has 0 aliphatic heterocycles. The predicted molar refractivity (Wildman–Crippen MR) is 141 cm³/mol. The molecule has 3 aromatic rings. The van der Waals surface area contributed by atoms with Gasteiger partial charge in [0.2, 0.25) is 0 Å². The number of aromatic nitrogens is 3. The number of benzene rings is 1. The summed E-state index contributed by atoms with van der Waals surface area (Å²) in [5, 5.41) is 21.4. The Kier molecular flexibility index (Phi) is 10.6. The van der Waals surface area contributed by atoms with Gasteiger partial charge in [-0.1, -0.05) is 26.0 Å². The van der Waals surface area contributed by atoms with E-state index in [9.17, 15) is 31.5 Å². The molecule has 1 aromatic carbocycles. The van der Waals surface area contributed by atoms with Gasteiger partial charge in [0.25, 0.3) is 10.0 Å². The highest BCUT2D eigenvalue weighted by Crippen LogP contribution is 2.24. The molecule has 3 rings (SSSR count). The molecular formula is C25H30F3N5O6S. The number of rotatable bonds is 10. The van der Waals surface area contributed by atoms with Crippen molar-refractivity contribution >= 4 is 33.5 Å². The first-order valence-electron chi connectivity index (χ1n) is 12.0. The van der Waals surface area contributed by atoms with Gasteiger partial charge >= 0.3 is 18.1 Å². The fourth-order valence-electron chi connectivity index (χ4n) is 3.54. The molecule has 15 heteroatoms. The lowest BCUT2D eigenvalue weighted by atomic mass is 10.2. The van der Waals surface area contributed by atoms with Crippen LogP contribution in [0.1, 0.15) is 47.6 Å². The van der Waals surface area contributed by atoms with Gasteiger partial charge in [-0.05, 0) is 49.6 Å². The van der Waals surface area contributed by atoms with Crippen molar-refractivity contribution in [1.82, 2.24) is 14.8 Å². The van der Waals surface area contributed by atoms with Gasteiger partial charge in [0.15, 0.2) is 0 Å². The Balaban J connectivity index is 0.000000708. The zero-order chi connectivity index (χ0) is 30.3. The lowest BCUT2D eigenvalue weighted by Gasteiger charge is -2.21. The van der Waals surface area contributed by atoms with E-state index in [1.807, 2.05) is 24.6 Å². The first-order chi connectivity index (χ1) is 18.6. The fraction of sp³-hybridized carbons (Fsp3) is 0.360. The number of halogens is 3. The van der Waals surface area contributed by atoms with Gasteiger partial charge < -0.3 is 15.1 Å². The van der Waals surface area contributed by atoms with Crippen LogP contribution in [0.4, 0.5) is 24.7 Å². The largest absolute Gasteiger partial charge is 0.490 e. The summed E-state index contributed by atoms with van der Waals surface area (Å²) in [6, 6.07) is 9.79. The Morgan fingerprint density at radius 3 is 2.20 bits per heavy atom. The van der Waals surface area contributed by atoms with Crippen LogP contribution in [-0.2, 0) is 34.3 Å². The molecule has 0 atom stereocenters. The van der Waals surface area contributed by atoms with Crippen molar-refractivity contribution in [3.8, 4) is 0 Å². The van der Waals surface area contributed by atoms with Gasteiger partial charge in [-0.2, -0.15) is 18.3 Å². The van der Waals surface area contributed by atoms with Crippen molar-refractivity contribution in [3.63, 3.8) is 0 Å². The first-order valence-corrected chi connectivity index (χ1v) is 13.5. The molecule has 218 valence electrons. The number of sulfonamides is 1. The van der Waals surface area contributed by atoms with E-state index in [0.717, 1.165) is 36.3 Å². The molecule has 3 N–H and O–H groups in total. The van der Waals surface area contributed by atoms with E-state index in [0.29, 0.717) is 6.54 Å². The van der Waals surface area contributed by atoms with Crippen LogP contribution in [0.2, 0.25) is 0 Å². The van der Waals surface area contributed by atoms with Gasteiger partial charge in [0.05, 0.1) is 34.7 Å². The molecule has 2 aromatic heterocycles. The molecule has 0 saturated carbocycles. The summed E-state index contributed by atoms with van der Waals surface area (Å²) in [4.78, 5) is 26.9. The Morgan fingerprint density at radius 2 is 1.70 bits per heavy atom. The van der Waals surface area contributed by atoms with Gasteiger partial charge in [-0.3, -0.25) is 9.40 Å². The summed E-state index contributed by atoms with van der Waals surface area (Å²) in [5.74, 6) is -3.72. The lowest BCUT2D eigenvalue weighted by molar-refractivity contribution is -0.192. The number of pyridine rings is 1. The van der Waals surface area contributed by atoms with Crippen LogP contribution in [0, 0.1) is 6.92 Å². The number of aromatic carboxylic acids is 1. The minimum atomic E-state index is -5.08. The van der Waals surface area contributed by atoms with Crippen LogP contribution in [0.3, 0.4) is 0 Å². The summed E-state index contributed by atoms with van der Waals surface area (Å²) < 4.78 is 61.5. The summed E-state index contributed by atoms with van der Waals surface area (Å²) in [6.45, 7) is 7.12. The standard InChI is InChI=1S/C23H29N5O4S.C2HF3O2/c1-5-11-28-19(12-16(3)25-28)15-27(4)22-21(23(29)30)13-18(14-24-22)26-33(31,32)20-9-7-17(6-2)8-10-20;3-2(4,5)1(6)7/h7-10,12-14,26H,5-6,11,15H2,1-4H3,(H,29,30);(H,6,7). The molecule has 0 bridgehead atoms. The number of hydrogen-bond acceptors (Lipinski definition) is 7. The molecule has 40 heavy (non-hydrogen) atoms. The average Bonchev–Trinajstić information content (AvgIpc) is 3.21. The van der Waals surface area contributed by atoms with E-state index in [4.69, 9.17) is 9.90 Å². The highest BCUT2D eigenvalue weighted by Gasteiger charge is 2.38. The molecule has 0 spiro atoms. The van der Waals surface area contributed by atoms with E-state index in [-0.39, 0.29) is 22.0 Å². The van der Waals surface area contributed by atoms with Crippen LogP contribution in [0.5, 0.6) is 0 Å².